The number of hydrogen-bond donors (Lipinski definition) is 2. The molecule has 0 unspecified atom stereocenters. The maximum absolute atomic E-state index is 10.2. The van der Waals surface area contributed by atoms with Crippen LogP contribution in [0.1, 0.15) is 0 Å². The second-order valence-corrected chi connectivity index (χ2v) is 2.11. The van der Waals surface area contributed by atoms with Gasteiger partial charge in [-0.1, -0.05) is 12.1 Å². The number of para-hydroxylation sites is 2. The zero-order valence-electron chi connectivity index (χ0n) is 6.57. The van der Waals surface area contributed by atoms with Crippen LogP contribution in [-0.2, 0) is 0 Å². The number of anilines is 1. The zero-order valence-corrected chi connectivity index (χ0v) is 6.57. The van der Waals surface area contributed by atoms with Crippen molar-refractivity contribution >= 4 is 11.8 Å². The number of carbonyl (C=O) groups is 1. The molecule has 0 amide bonds. The van der Waals surface area contributed by atoms with Crippen LogP contribution in [0.3, 0.4) is 0 Å². The van der Waals surface area contributed by atoms with Crippen molar-refractivity contribution in [1.29, 1.82) is 0 Å². The summed E-state index contributed by atoms with van der Waals surface area (Å²) in [5.41, 5.74) is 0.653. The third-order valence-corrected chi connectivity index (χ3v) is 1.35. The van der Waals surface area contributed by atoms with Gasteiger partial charge in [0.1, 0.15) is 0 Å². The lowest BCUT2D eigenvalue weighted by Crippen LogP contribution is -2.04. The summed E-state index contributed by atoms with van der Waals surface area (Å²) in [5.74, 6) is 0.313. The Balaban J connectivity index is 2.89. The molecule has 0 spiro atoms. The van der Waals surface area contributed by atoms with Gasteiger partial charge in [-0.2, -0.15) is 0 Å². The Bertz CT molecular complexity index is 285. The van der Waals surface area contributed by atoms with Gasteiger partial charge in [-0.05, 0) is 12.1 Å². The minimum absolute atomic E-state index is 0.313. The standard InChI is InChI=1S/C8H9NO3/c1-9-6-4-2-3-5-7(6)12-8(10)11/h2-5,9H,1H3,(H,10,11). The Morgan fingerprint density at radius 3 is 2.75 bits per heavy atom. The Morgan fingerprint density at radius 1 is 1.50 bits per heavy atom. The van der Waals surface area contributed by atoms with Gasteiger partial charge in [0.05, 0.1) is 5.69 Å². The lowest BCUT2D eigenvalue weighted by Gasteiger charge is -2.05. The van der Waals surface area contributed by atoms with Crippen LogP contribution >= 0.6 is 0 Å². The van der Waals surface area contributed by atoms with E-state index in [-0.39, 0.29) is 0 Å². The summed E-state index contributed by atoms with van der Waals surface area (Å²) < 4.78 is 4.49. The summed E-state index contributed by atoms with van der Waals surface area (Å²) >= 11 is 0. The highest BCUT2D eigenvalue weighted by Crippen LogP contribution is 2.22. The molecule has 0 bridgehead atoms. The molecule has 1 rings (SSSR count). The highest BCUT2D eigenvalue weighted by Gasteiger charge is 2.04. The van der Waals surface area contributed by atoms with Gasteiger partial charge in [0.25, 0.3) is 0 Å². The molecule has 0 atom stereocenters. The third kappa shape index (κ3) is 1.88. The van der Waals surface area contributed by atoms with Crippen molar-refractivity contribution in [2.45, 2.75) is 0 Å². The largest absolute Gasteiger partial charge is 0.511 e. The lowest BCUT2D eigenvalue weighted by atomic mass is 10.3. The molecule has 12 heavy (non-hydrogen) atoms. The predicted molar refractivity (Wildman–Crippen MR) is 44.6 cm³/mol. The van der Waals surface area contributed by atoms with Crippen molar-refractivity contribution in [2.75, 3.05) is 12.4 Å². The van der Waals surface area contributed by atoms with E-state index in [2.05, 4.69) is 10.1 Å². The highest BCUT2D eigenvalue weighted by molar-refractivity contribution is 5.66. The first-order chi connectivity index (χ1) is 5.74. The van der Waals surface area contributed by atoms with Crippen LogP contribution in [0.4, 0.5) is 10.5 Å². The van der Waals surface area contributed by atoms with Crippen molar-refractivity contribution in [3.8, 4) is 5.75 Å². The molecule has 0 aliphatic rings. The van der Waals surface area contributed by atoms with E-state index < -0.39 is 6.16 Å². The topological polar surface area (TPSA) is 58.6 Å². The summed E-state index contributed by atoms with van der Waals surface area (Å²) in [6.07, 6.45) is -1.31. The molecule has 4 nitrogen and oxygen atoms in total. The van der Waals surface area contributed by atoms with Crippen molar-refractivity contribution in [3.63, 3.8) is 0 Å². The van der Waals surface area contributed by atoms with Gasteiger partial charge in [0, 0.05) is 7.05 Å². The van der Waals surface area contributed by atoms with Crippen LogP contribution in [-0.4, -0.2) is 18.3 Å². The van der Waals surface area contributed by atoms with Gasteiger partial charge in [-0.15, -0.1) is 0 Å². The summed E-state index contributed by atoms with van der Waals surface area (Å²) in [4.78, 5) is 10.2. The number of nitrogens with one attached hydrogen (secondary N) is 1. The second-order valence-electron chi connectivity index (χ2n) is 2.11. The van der Waals surface area contributed by atoms with Crippen molar-refractivity contribution in [3.05, 3.63) is 24.3 Å². The second kappa shape index (κ2) is 3.61. The predicted octanol–water partition coefficient (Wildman–Crippen LogP) is 1.79. The zero-order chi connectivity index (χ0) is 8.97. The van der Waals surface area contributed by atoms with Crippen LogP contribution in [0.15, 0.2) is 24.3 Å². The summed E-state index contributed by atoms with van der Waals surface area (Å²) in [5, 5.41) is 11.1. The molecular formula is C8H9NO3. The van der Waals surface area contributed by atoms with E-state index in [9.17, 15) is 4.79 Å². The van der Waals surface area contributed by atoms with E-state index in [1.54, 1.807) is 31.3 Å². The monoisotopic (exact) mass is 167 g/mol. The van der Waals surface area contributed by atoms with Gasteiger partial charge in [-0.3, -0.25) is 0 Å². The normalized spacial score (nSPS) is 9.08. The quantitative estimate of drug-likeness (QED) is 0.520. The van der Waals surface area contributed by atoms with E-state index in [1.165, 1.54) is 0 Å². The first kappa shape index (κ1) is 8.39. The number of carboxylic acid groups (broad SMARTS) is 1. The Labute approximate surface area is 69.8 Å². The number of benzene rings is 1. The van der Waals surface area contributed by atoms with Crippen LogP contribution in [0.2, 0.25) is 0 Å². The smallest absolute Gasteiger partial charge is 0.449 e. The van der Waals surface area contributed by atoms with Crippen molar-refractivity contribution < 1.29 is 14.6 Å². The molecular weight excluding hydrogens is 158 g/mol. The van der Waals surface area contributed by atoms with E-state index in [1.807, 2.05) is 0 Å². The molecule has 4 heteroatoms. The molecule has 0 fully saturated rings. The molecule has 0 aliphatic heterocycles. The van der Waals surface area contributed by atoms with Gasteiger partial charge >= 0.3 is 6.16 Å². The molecule has 0 radical (unpaired) electrons. The molecule has 0 aromatic heterocycles. The fourth-order valence-corrected chi connectivity index (χ4v) is 0.856. The molecule has 0 heterocycles. The molecule has 1 aromatic carbocycles. The molecule has 2 N–H and O–H groups in total. The summed E-state index contributed by atoms with van der Waals surface area (Å²) in [6.45, 7) is 0. The lowest BCUT2D eigenvalue weighted by molar-refractivity contribution is 0.144. The summed E-state index contributed by atoms with van der Waals surface area (Å²) in [6, 6.07) is 6.82. The average molecular weight is 167 g/mol. The SMILES string of the molecule is CNc1ccccc1OC(=O)O. The maximum atomic E-state index is 10.2. The van der Waals surface area contributed by atoms with Crippen LogP contribution < -0.4 is 10.1 Å². The molecule has 0 aliphatic carbocycles. The van der Waals surface area contributed by atoms with E-state index in [4.69, 9.17) is 5.11 Å². The van der Waals surface area contributed by atoms with Crippen LogP contribution in [0.5, 0.6) is 5.75 Å². The highest BCUT2D eigenvalue weighted by atomic mass is 16.7. The minimum atomic E-state index is -1.31. The van der Waals surface area contributed by atoms with E-state index >= 15 is 0 Å². The molecule has 0 saturated carbocycles. The van der Waals surface area contributed by atoms with Crippen LogP contribution in [0, 0.1) is 0 Å². The number of hydrogen-bond acceptors (Lipinski definition) is 3. The van der Waals surface area contributed by atoms with Gasteiger partial charge in [0.15, 0.2) is 5.75 Å². The Hall–Kier alpha value is -1.71. The van der Waals surface area contributed by atoms with Crippen molar-refractivity contribution in [2.24, 2.45) is 0 Å². The van der Waals surface area contributed by atoms with Gasteiger partial charge in [0.2, 0.25) is 0 Å². The van der Waals surface area contributed by atoms with Crippen molar-refractivity contribution in [1.82, 2.24) is 0 Å². The first-order valence-electron chi connectivity index (χ1n) is 3.41. The summed E-state index contributed by atoms with van der Waals surface area (Å²) in [7, 11) is 1.70. The minimum Gasteiger partial charge on any atom is -0.449 e. The third-order valence-electron chi connectivity index (χ3n) is 1.35. The van der Waals surface area contributed by atoms with Crippen LogP contribution in [0.25, 0.3) is 0 Å². The molecule has 1 aromatic rings. The average Bonchev–Trinajstić information content (AvgIpc) is 2.04. The fourth-order valence-electron chi connectivity index (χ4n) is 0.856. The Morgan fingerprint density at radius 2 is 2.17 bits per heavy atom. The number of rotatable bonds is 2. The van der Waals surface area contributed by atoms with Gasteiger partial charge in [-0.25, -0.2) is 4.79 Å². The molecule has 0 saturated heterocycles. The van der Waals surface area contributed by atoms with Gasteiger partial charge < -0.3 is 15.2 Å². The molecule has 64 valence electrons. The van der Waals surface area contributed by atoms with E-state index in [0.717, 1.165) is 0 Å². The number of ether oxygens (including phenoxy) is 1. The first-order valence-corrected chi connectivity index (χ1v) is 3.41. The maximum Gasteiger partial charge on any atom is 0.511 e. The fraction of sp³-hybridized carbons (Fsp3) is 0.125. The Kier molecular flexibility index (Phi) is 2.53. The van der Waals surface area contributed by atoms with E-state index in [0.29, 0.717) is 11.4 Å².